The number of benzene rings is 2. The van der Waals surface area contributed by atoms with Crippen LogP contribution >= 0.6 is 11.8 Å². The van der Waals surface area contributed by atoms with Crippen molar-refractivity contribution in [2.45, 2.75) is 6.54 Å². The van der Waals surface area contributed by atoms with Crippen LogP contribution in [-0.2, 0) is 11.3 Å². The van der Waals surface area contributed by atoms with Crippen LogP contribution in [0, 0.1) is 11.3 Å². The summed E-state index contributed by atoms with van der Waals surface area (Å²) in [5, 5.41) is 9.75. The zero-order valence-corrected chi connectivity index (χ0v) is 14.0. The molecule has 0 bridgehead atoms. The summed E-state index contributed by atoms with van der Waals surface area (Å²) in [5.41, 5.74) is 3.50. The first-order valence-electron chi connectivity index (χ1n) is 7.74. The van der Waals surface area contributed by atoms with E-state index in [1.165, 1.54) is 4.90 Å². The summed E-state index contributed by atoms with van der Waals surface area (Å²) in [6.07, 6.45) is 1.96. The predicted octanol–water partition coefficient (Wildman–Crippen LogP) is 3.70. The fourth-order valence-electron chi connectivity index (χ4n) is 3.00. The molecule has 0 radical (unpaired) electrons. The number of nitriles is 1. The fraction of sp³-hybridized carbons (Fsp3) is 0.105. The summed E-state index contributed by atoms with van der Waals surface area (Å²) in [4.78, 5) is 25.0. The van der Waals surface area contributed by atoms with Crippen LogP contribution in [0.4, 0.5) is 4.79 Å². The van der Waals surface area contributed by atoms with Crippen molar-refractivity contribution in [1.29, 1.82) is 5.26 Å². The predicted molar refractivity (Wildman–Crippen MR) is 96.4 cm³/mol. The van der Waals surface area contributed by atoms with Crippen molar-refractivity contribution in [1.82, 2.24) is 9.47 Å². The number of amides is 2. The van der Waals surface area contributed by atoms with Crippen molar-refractivity contribution in [3.63, 3.8) is 0 Å². The lowest BCUT2D eigenvalue weighted by Crippen LogP contribution is -2.27. The summed E-state index contributed by atoms with van der Waals surface area (Å²) in [7, 11) is 0. The topological polar surface area (TPSA) is 66.1 Å². The first-order chi connectivity index (χ1) is 12.2. The molecular weight excluding hydrogens is 334 g/mol. The first kappa shape index (κ1) is 15.5. The number of hydrogen-bond donors (Lipinski definition) is 0. The molecule has 0 N–H and O–H groups in total. The number of carbonyl (C=O) groups excluding carboxylic acids is 2. The van der Waals surface area contributed by atoms with Gasteiger partial charge in [0, 0.05) is 17.3 Å². The van der Waals surface area contributed by atoms with E-state index in [2.05, 4.69) is 6.07 Å². The number of aromatic nitrogens is 1. The van der Waals surface area contributed by atoms with E-state index in [0.717, 1.165) is 33.9 Å². The van der Waals surface area contributed by atoms with Gasteiger partial charge in [0.1, 0.15) is 0 Å². The minimum atomic E-state index is -0.187. The van der Waals surface area contributed by atoms with Crippen molar-refractivity contribution in [3.05, 3.63) is 65.9 Å². The Morgan fingerprint density at radius 2 is 1.88 bits per heavy atom. The molecule has 0 saturated carbocycles. The molecule has 4 rings (SSSR count). The maximum atomic E-state index is 11.9. The number of rotatable bonds is 3. The summed E-state index contributed by atoms with van der Waals surface area (Å²) < 4.78 is 2.03. The largest absolute Gasteiger partial charge is 0.317 e. The molecule has 5 nitrogen and oxygen atoms in total. The second-order valence-corrected chi connectivity index (χ2v) is 6.66. The summed E-state index contributed by atoms with van der Waals surface area (Å²) >= 11 is 1.05. The highest BCUT2D eigenvalue weighted by Crippen LogP contribution is 2.27. The molecule has 0 unspecified atom stereocenters. The van der Waals surface area contributed by atoms with Gasteiger partial charge in [-0.1, -0.05) is 23.9 Å². The lowest BCUT2D eigenvalue weighted by molar-refractivity contribution is -0.124. The second-order valence-electron chi connectivity index (χ2n) is 5.73. The van der Waals surface area contributed by atoms with Crippen LogP contribution in [0.5, 0.6) is 0 Å². The van der Waals surface area contributed by atoms with Crippen molar-refractivity contribution < 1.29 is 9.59 Å². The SMILES string of the molecule is N#Cc1ccc(-n2ccc3c(CN4C(=O)CSC4=O)cccc32)cc1. The monoisotopic (exact) mass is 347 g/mol. The maximum Gasteiger partial charge on any atom is 0.289 e. The smallest absolute Gasteiger partial charge is 0.289 e. The van der Waals surface area contributed by atoms with Crippen LogP contribution in [0.15, 0.2) is 54.7 Å². The van der Waals surface area contributed by atoms with Gasteiger partial charge in [-0.25, -0.2) is 0 Å². The van der Waals surface area contributed by atoms with E-state index in [1.54, 1.807) is 12.1 Å². The van der Waals surface area contributed by atoms with Gasteiger partial charge in [-0.15, -0.1) is 0 Å². The lowest BCUT2D eigenvalue weighted by Gasteiger charge is -2.14. The fourth-order valence-corrected chi connectivity index (χ4v) is 3.72. The molecule has 1 fully saturated rings. The van der Waals surface area contributed by atoms with E-state index in [1.807, 2.05) is 47.2 Å². The standard InChI is InChI=1S/C19H13N3O2S/c20-10-13-4-6-15(7-5-13)21-9-8-16-14(2-1-3-17(16)21)11-22-18(23)12-25-19(22)24/h1-9H,11-12H2. The van der Waals surface area contributed by atoms with Crippen LogP contribution in [-0.4, -0.2) is 26.4 Å². The third-order valence-corrected chi connectivity index (χ3v) is 5.13. The van der Waals surface area contributed by atoms with E-state index in [9.17, 15) is 9.59 Å². The van der Waals surface area contributed by atoms with Crippen LogP contribution in [0.1, 0.15) is 11.1 Å². The molecule has 0 atom stereocenters. The van der Waals surface area contributed by atoms with Gasteiger partial charge in [-0.2, -0.15) is 5.26 Å². The summed E-state index contributed by atoms with van der Waals surface area (Å²) in [6, 6.07) is 17.3. The molecule has 1 aliphatic rings. The molecule has 2 heterocycles. The molecule has 1 saturated heterocycles. The molecule has 1 aliphatic heterocycles. The molecule has 25 heavy (non-hydrogen) atoms. The minimum absolute atomic E-state index is 0.140. The number of imide groups is 1. The normalized spacial score (nSPS) is 14.3. The van der Waals surface area contributed by atoms with Crippen LogP contribution in [0.2, 0.25) is 0 Å². The van der Waals surface area contributed by atoms with Crippen molar-refractivity contribution >= 4 is 33.8 Å². The summed E-state index contributed by atoms with van der Waals surface area (Å²) in [5.74, 6) is 0.0830. The molecule has 1 aromatic heterocycles. The second kappa shape index (κ2) is 6.11. The van der Waals surface area contributed by atoms with Gasteiger partial charge in [0.05, 0.1) is 29.4 Å². The highest BCUT2D eigenvalue weighted by atomic mass is 32.2. The zero-order chi connectivity index (χ0) is 17.4. The minimum Gasteiger partial charge on any atom is -0.317 e. The number of hydrogen-bond acceptors (Lipinski definition) is 4. The lowest BCUT2D eigenvalue weighted by atomic mass is 10.1. The molecule has 3 aromatic rings. The molecule has 2 aromatic carbocycles. The number of thioether (sulfide) groups is 1. The Morgan fingerprint density at radius 1 is 1.08 bits per heavy atom. The van der Waals surface area contributed by atoms with Gasteiger partial charge in [-0.05, 0) is 42.0 Å². The van der Waals surface area contributed by atoms with Crippen molar-refractivity contribution in [3.8, 4) is 11.8 Å². The third kappa shape index (κ3) is 2.69. The van der Waals surface area contributed by atoms with E-state index in [4.69, 9.17) is 5.26 Å². The van der Waals surface area contributed by atoms with Crippen LogP contribution < -0.4 is 0 Å². The number of fused-ring (bicyclic) bond motifs is 1. The van der Waals surface area contributed by atoms with Crippen LogP contribution in [0.25, 0.3) is 16.6 Å². The quantitative estimate of drug-likeness (QED) is 0.725. The Balaban J connectivity index is 1.74. The van der Waals surface area contributed by atoms with Crippen molar-refractivity contribution in [2.24, 2.45) is 0 Å². The van der Waals surface area contributed by atoms with Gasteiger partial charge in [0.25, 0.3) is 5.24 Å². The Bertz CT molecular complexity index is 1010. The maximum absolute atomic E-state index is 11.9. The number of carbonyl (C=O) groups is 2. The zero-order valence-electron chi connectivity index (χ0n) is 13.2. The van der Waals surface area contributed by atoms with Gasteiger partial charge in [0.15, 0.2) is 0 Å². The number of nitrogens with zero attached hydrogens (tertiary/aromatic N) is 3. The highest BCUT2D eigenvalue weighted by molar-refractivity contribution is 8.14. The van der Waals surface area contributed by atoms with Gasteiger partial charge >= 0.3 is 0 Å². The Kier molecular flexibility index (Phi) is 3.79. The van der Waals surface area contributed by atoms with E-state index in [-0.39, 0.29) is 16.9 Å². The Hall–Kier alpha value is -3.04. The molecule has 0 spiro atoms. The Morgan fingerprint density at radius 3 is 2.56 bits per heavy atom. The molecule has 2 amide bonds. The average molecular weight is 347 g/mol. The van der Waals surface area contributed by atoms with E-state index >= 15 is 0 Å². The van der Waals surface area contributed by atoms with Gasteiger partial charge < -0.3 is 4.57 Å². The first-order valence-corrected chi connectivity index (χ1v) is 8.72. The van der Waals surface area contributed by atoms with E-state index in [0.29, 0.717) is 12.1 Å². The molecule has 122 valence electrons. The average Bonchev–Trinajstić information content (AvgIpc) is 3.21. The van der Waals surface area contributed by atoms with E-state index < -0.39 is 0 Å². The highest BCUT2D eigenvalue weighted by Gasteiger charge is 2.30. The van der Waals surface area contributed by atoms with Gasteiger partial charge in [-0.3, -0.25) is 14.5 Å². The molecule has 0 aliphatic carbocycles. The van der Waals surface area contributed by atoms with Crippen molar-refractivity contribution in [2.75, 3.05) is 5.75 Å². The molecular formula is C19H13N3O2S. The third-order valence-electron chi connectivity index (χ3n) is 4.27. The Labute approximate surface area is 148 Å². The van der Waals surface area contributed by atoms with Crippen LogP contribution in [0.3, 0.4) is 0 Å². The molecule has 6 heteroatoms. The summed E-state index contributed by atoms with van der Waals surface area (Å²) in [6.45, 7) is 0.291. The van der Waals surface area contributed by atoms with Gasteiger partial charge in [0.2, 0.25) is 5.91 Å².